The Morgan fingerprint density at radius 1 is 1.09 bits per heavy atom. The third-order valence-electron chi connectivity index (χ3n) is 7.44. The van der Waals surface area contributed by atoms with Crippen LogP contribution in [0.25, 0.3) is 11.1 Å². The van der Waals surface area contributed by atoms with Crippen LogP contribution in [0.15, 0.2) is 71.9 Å². The van der Waals surface area contributed by atoms with Crippen molar-refractivity contribution in [2.24, 2.45) is 0 Å². The summed E-state index contributed by atoms with van der Waals surface area (Å²) in [6, 6.07) is 16.9. The van der Waals surface area contributed by atoms with E-state index >= 15 is 0 Å². The van der Waals surface area contributed by atoms with Crippen LogP contribution in [-0.4, -0.2) is 53.3 Å². The van der Waals surface area contributed by atoms with Crippen LogP contribution >= 0.6 is 35.0 Å². The maximum Gasteiger partial charge on any atom is 0.414 e. The molecule has 0 spiro atoms. The number of halogens is 2. The number of hydrogen-bond donors (Lipinski definition) is 1. The quantitative estimate of drug-likeness (QED) is 0.176. The SMILES string of the molecule is CC[C@@H](C)NC(=O)c1cccc(Cn2cc(-c3cccc4c3SCCN4C(=O)OCCOc3cccc(Cl)c3C)cn2)c1Cl. The van der Waals surface area contributed by atoms with Crippen LogP contribution in [0.2, 0.25) is 10.0 Å². The molecular formula is C33H34Cl2N4O4S. The average molecular weight is 654 g/mol. The third-order valence-corrected chi connectivity index (χ3v) is 9.40. The molecule has 11 heteroatoms. The molecule has 0 radical (unpaired) electrons. The Morgan fingerprint density at radius 2 is 1.89 bits per heavy atom. The van der Waals surface area contributed by atoms with Crippen LogP contribution in [0.5, 0.6) is 5.75 Å². The fourth-order valence-electron chi connectivity index (χ4n) is 4.81. The molecular weight excluding hydrogens is 619 g/mol. The van der Waals surface area contributed by atoms with Gasteiger partial charge in [-0.15, -0.1) is 11.8 Å². The molecule has 2 amide bonds. The first-order chi connectivity index (χ1) is 21.3. The number of thioether (sulfide) groups is 1. The number of ether oxygens (including phenoxy) is 2. The van der Waals surface area contributed by atoms with Gasteiger partial charge in [-0.3, -0.25) is 14.4 Å². The van der Waals surface area contributed by atoms with Gasteiger partial charge < -0.3 is 14.8 Å². The Balaban J connectivity index is 1.26. The second-order valence-corrected chi connectivity index (χ2v) is 12.4. The molecule has 4 aromatic rings. The lowest BCUT2D eigenvalue weighted by Gasteiger charge is -2.29. The summed E-state index contributed by atoms with van der Waals surface area (Å²) < 4.78 is 13.1. The van der Waals surface area contributed by atoms with Crippen molar-refractivity contribution >= 4 is 52.7 Å². The van der Waals surface area contributed by atoms with Gasteiger partial charge in [-0.1, -0.05) is 60.5 Å². The van der Waals surface area contributed by atoms with Gasteiger partial charge in [-0.25, -0.2) is 4.79 Å². The largest absolute Gasteiger partial charge is 0.490 e. The van der Waals surface area contributed by atoms with Crippen LogP contribution in [0.3, 0.4) is 0 Å². The zero-order valence-electron chi connectivity index (χ0n) is 24.8. The van der Waals surface area contributed by atoms with E-state index in [-0.39, 0.29) is 25.2 Å². The minimum atomic E-state index is -0.419. The summed E-state index contributed by atoms with van der Waals surface area (Å²) in [7, 11) is 0. The Hall–Kier alpha value is -3.66. The molecule has 1 aromatic heterocycles. The van der Waals surface area contributed by atoms with Gasteiger partial charge in [-0.05, 0) is 50.1 Å². The molecule has 0 bridgehead atoms. The van der Waals surface area contributed by atoms with Crippen molar-refractivity contribution in [3.8, 4) is 16.9 Å². The number of fused-ring (bicyclic) bond motifs is 1. The highest BCUT2D eigenvalue weighted by Gasteiger charge is 2.27. The van der Waals surface area contributed by atoms with E-state index in [0.717, 1.165) is 45.0 Å². The van der Waals surface area contributed by atoms with Crippen molar-refractivity contribution in [2.75, 3.05) is 30.4 Å². The Kier molecular flexibility index (Phi) is 10.4. The fraction of sp³-hybridized carbons (Fsp3) is 0.303. The predicted octanol–water partition coefficient (Wildman–Crippen LogP) is 7.87. The van der Waals surface area contributed by atoms with E-state index in [1.807, 2.05) is 69.4 Å². The van der Waals surface area contributed by atoms with E-state index in [0.29, 0.717) is 34.4 Å². The number of aromatic nitrogens is 2. The molecule has 1 aliphatic rings. The summed E-state index contributed by atoms with van der Waals surface area (Å²) in [5.74, 6) is 1.21. The van der Waals surface area contributed by atoms with E-state index in [1.165, 1.54) is 0 Å². The van der Waals surface area contributed by atoms with E-state index in [2.05, 4.69) is 10.4 Å². The van der Waals surface area contributed by atoms with Gasteiger partial charge in [0.1, 0.15) is 19.0 Å². The van der Waals surface area contributed by atoms with Crippen LogP contribution in [0.4, 0.5) is 10.5 Å². The Bertz CT molecular complexity index is 1660. The zero-order chi connectivity index (χ0) is 31.2. The van der Waals surface area contributed by atoms with Gasteiger partial charge in [0.15, 0.2) is 0 Å². The van der Waals surface area contributed by atoms with E-state index in [9.17, 15) is 9.59 Å². The van der Waals surface area contributed by atoms with Gasteiger partial charge in [0.05, 0.1) is 29.0 Å². The van der Waals surface area contributed by atoms with Gasteiger partial charge in [0.2, 0.25) is 0 Å². The topological polar surface area (TPSA) is 85.7 Å². The molecule has 1 atom stereocenters. The molecule has 0 saturated heterocycles. The van der Waals surface area contributed by atoms with Crippen molar-refractivity contribution in [2.45, 2.75) is 44.7 Å². The first-order valence-electron chi connectivity index (χ1n) is 14.5. The molecule has 0 aliphatic carbocycles. The number of nitrogens with zero attached hydrogens (tertiary/aromatic N) is 3. The highest BCUT2D eigenvalue weighted by Crippen LogP contribution is 2.42. The standard InChI is InChI=1S/C33H34Cl2N4O4S/c1-4-21(2)37-32(40)26-10-5-8-23(30(26)35)19-38-20-24(18-36-38)25-9-6-12-28-31(25)44-17-14-39(28)33(41)43-16-15-42-29-13-7-11-27(34)22(29)3/h5-13,18,20-21H,4,14-17,19H2,1-3H3,(H,37,40)/t21-/m1/s1. The maximum absolute atomic E-state index is 13.1. The lowest BCUT2D eigenvalue weighted by Crippen LogP contribution is -2.36. The number of carbonyl (C=O) groups excluding carboxylic acids is 2. The van der Waals surface area contributed by atoms with Crippen LogP contribution in [-0.2, 0) is 11.3 Å². The Labute approximate surface area is 271 Å². The van der Waals surface area contributed by atoms with Crippen LogP contribution < -0.4 is 15.0 Å². The molecule has 0 fully saturated rings. The number of rotatable bonds is 10. The molecule has 2 heterocycles. The first kappa shape index (κ1) is 31.8. The zero-order valence-corrected chi connectivity index (χ0v) is 27.1. The number of amides is 2. The molecule has 1 N–H and O–H groups in total. The molecule has 230 valence electrons. The molecule has 5 rings (SSSR count). The summed E-state index contributed by atoms with van der Waals surface area (Å²) in [6.45, 7) is 7.13. The molecule has 3 aromatic carbocycles. The van der Waals surface area contributed by atoms with Crippen molar-refractivity contribution in [3.05, 3.63) is 93.7 Å². The van der Waals surface area contributed by atoms with Crippen molar-refractivity contribution in [3.63, 3.8) is 0 Å². The molecule has 0 saturated carbocycles. The lowest BCUT2D eigenvalue weighted by atomic mass is 10.1. The van der Waals surface area contributed by atoms with Crippen LogP contribution in [0.1, 0.15) is 41.8 Å². The smallest absolute Gasteiger partial charge is 0.414 e. The number of anilines is 1. The van der Waals surface area contributed by atoms with E-state index < -0.39 is 6.09 Å². The molecule has 1 aliphatic heterocycles. The number of hydrogen-bond acceptors (Lipinski definition) is 6. The molecule has 44 heavy (non-hydrogen) atoms. The number of carbonyl (C=O) groups is 2. The minimum Gasteiger partial charge on any atom is -0.490 e. The number of benzene rings is 3. The highest BCUT2D eigenvalue weighted by molar-refractivity contribution is 7.99. The van der Waals surface area contributed by atoms with Gasteiger partial charge in [0.25, 0.3) is 5.91 Å². The van der Waals surface area contributed by atoms with Gasteiger partial charge in [-0.2, -0.15) is 5.10 Å². The first-order valence-corrected chi connectivity index (χ1v) is 16.2. The fourth-order valence-corrected chi connectivity index (χ4v) is 6.40. The lowest BCUT2D eigenvalue weighted by molar-refractivity contribution is 0.0939. The molecule has 8 nitrogen and oxygen atoms in total. The summed E-state index contributed by atoms with van der Waals surface area (Å²) in [6.07, 6.45) is 4.16. The third kappa shape index (κ3) is 7.17. The monoisotopic (exact) mass is 652 g/mol. The summed E-state index contributed by atoms with van der Waals surface area (Å²) in [4.78, 5) is 28.5. The summed E-state index contributed by atoms with van der Waals surface area (Å²) in [5, 5.41) is 8.59. The second-order valence-electron chi connectivity index (χ2n) is 10.5. The van der Waals surface area contributed by atoms with E-state index in [1.54, 1.807) is 39.7 Å². The Morgan fingerprint density at radius 3 is 2.70 bits per heavy atom. The molecule has 0 unspecified atom stereocenters. The summed E-state index contributed by atoms with van der Waals surface area (Å²) >= 11 is 14.5. The summed E-state index contributed by atoms with van der Waals surface area (Å²) in [5.41, 5.74) is 4.78. The van der Waals surface area contributed by atoms with Gasteiger partial charge in [0, 0.05) is 51.1 Å². The van der Waals surface area contributed by atoms with Crippen LogP contribution in [0, 0.1) is 6.92 Å². The maximum atomic E-state index is 13.1. The normalized spacial score (nSPS) is 13.2. The minimum absolute atomic E-state index is 0.0569. The van der Waals surface area contributed by atoms with E-state index in [4.69, 9.17) is 32.7 Å². The second kappa shape index (κ2) is 14.4. The number of nitrogens with one attached hydrogen (secondary N) is 1. The van der Waals surface area contributed by atoms with Crippen molar-refractivity contribution in [1.82, 2.24) is 15.1 Å². The average Bonchev–Trinajstić information content (AvgIpc) is 3.49. The van der Waals surface area contributed by atoms with Crippen molar-refractivity contribution in [1.29, 1.82) is 0 Å². The van der Waals surface area contributed by atoms with Crippen molar-refractivity contribution < 1.29 is 19.1 Å². The highest BCUT2D eigenvalue weighted by atomic mass is 35.5. The predicted molar refractivity (Wildman–Crippen MR) is 177 cm³/mol. The van der Waals surface area contributed by atoms with Gasteiger partial charge >= 0.3 is 6.09 Å².